The summed E-state index contributed by atoms with van der Waals surface area (Å²) >= 11 is 0. The summed E-state index contributed by atoms with van der Waals surface area (Å²) in [6, 6.07) is 0. The van der Waals surface area contributed by atoms with Gasteiger partial charge in [-0.3, -0.25) is 4.90 Å². The standard InChI is InChI=1S/C7H19BN2/c1-8(2)6-10(5)7-9(3)4/h6-7H2,1-5H3. The van der Waals surface area contributed by atoms with E-state index in [9.17, 15) is 0 Å². The Balaban J connectivity index is 3.34. The van der Waals surface area contributed by atoms with Crippen LogP contribution in [0.5, 0.6) is 0 Å². The molecule has 0 fully saturated rings. The maximum Gasteiger partial charge on any atom is 0.150 e. The van der Waals surface area contributed by atoms with Crippen molar-refractivity contribution in [3.05, 3.63) is 0 Å². The molecule has 0 aliphatic heterocycles. The fourth-order valence-corrected chi connectivity index (χ4v) is 1.16. The van der Waals surface area contributed by atoms with Crippen molar-refractivity contribution in [1.29, 1.82) is 0 Å². The molecule has 0 aromatic carbocycles. The molecule has 0 atom stereocenters. The quantitative estimate of drug-likeness (QED) is 0.421. The number of hydrogen-bond donors (Lipinski definition) is 0. The highest BCUT2D eigenvalue weighted by Crippen LogP contribution is 1.87. The van der Waals surface area contributed by atoms with Crippen molar-refractivity contribution < 1.29 is 0 Å². The van der Waals surface area contributed by atoms with Crippen LogP contribution in [0.2, 0.25) is 13.6 Å². The molecule has 0 heterocycles. The van der Waals surface area contributed by atoms with Crippen molar-refractivity contribution in [3.8, 4) is 0 Å². The van der Waals surface area contributed by atoms with Gasteiger partial charge in [0.25, 0.3) is 0 Å². The van der Waals surface area contributed by atoms with Crippen LogP contribution in [0, 0.1) is 0 Å². The summed E-state index contributed by atoms with van der Waals surface area (Å²) in [4.78, 5) is 4.51. The molecule has 0 aliphatic carbocycles. The lowest BCUT2D eigenvalue weighted by Gasteiger charge is -2.21. The molecule has 0 aliphatic rings. The average molecular weight is 142 g/mol. The molecule has 0 saturated carbocycles. The van der Waals surface area contributed by atoms with E-state index in [1.54, 1.807) is 0 Å². The van der Waals surface area contributed by atoms with Gasteiger partial charge in [-0.1, -0.05) is 13.6 Å². The van der Waals surface area contributed by atoms with Gasteiger partial charge in [0.1, 0.15) is 6.71 Å². The van der Waals surface area contributed by atoms with E-state index in [-0.39, 0.29) is 0 Å². The van der Waals surface area contributed by atoms with E-state index in [2.05, 4.69) is 44.6 Å². The molecule has 0 aromatic heterocycles. The van der Waals surface area contributed by atoms with Crippen LogP contribution in [0.25, 0.3) is 0 Å². The lowest BCUT2D eigenvalue weighted by molar-refractivity contribution is 0.234. The molecule has 10 heavy (non-hydrogen) atoms. The molecule has 0 unspecified atom stereocenters. The maximum atomic E-state index is 2.32. The highest BCUT2D eigenvalue weighted by Gasteiger charge is 2.03. The second-order valence-corrected chi connectivity index (χ2v) is 3.65. The summed E-state index contributed by atoms with van der Waals surface area (Å²) < 4.78 is 0. The lowest BCUT2D eigenvalue weighted by Crippen LogP contribution is -2.35. The van der Waals surface area contributed by atoms with Crippen molar-refractivity contribution in [2.24, 2.45) is 0 Å². The first-order valence-electron chi connectivity index (χ1n) is 3.85. The van der Waals surface area contributed by atoms with Crippen LogP contribution in [0.1, 0.15) is 0 Å². The van der Waals surface area contributed by atoms with E-state index < -0.39 is 0 Å². The van der Waals surface area contributed by atoms with E-state index in [1.807, 2.05) is 0 Å². The van der Waals surface area contributed by atoms with Gasteiger partial charge in [-0.2, -0.15) is 0 Å². The summed E-state index contributed by atoms with van der Waals surface area (Å²) in [7, 11) is 6.34. The zero-order valence-electron chi connectivity index (χ0n) is 7.89. The zero-order valence-corrected chi connectivity index (χ0v) is 7.89. The Hall–Kier alpha value is -0.0151. The Morgan fingerprint density at radius 2 is 1.60 bits per heavy atom. The van der Waals surface area contributed by atoms with Crippen LogP contribution in [-0.2, 0) is 0 Å². The van der Waals surface area contributed by atoms with Crippen LogP contribution in [-0.4, -0.2) is 50.8 Å². The molecule has 0 rings (SSSR count). The molecule has 3 heteroatoms. The second kappa shape index (κ2) is 4.75. The first-order chi connectivity index (χ1) is 4.52. The number of nitrogens with zero attached hydrogens (tertiary/aromatic N) is 2. The molecule has 0 saturated heterocycles. The summed E-state index contributed by atoms with van der Waals surface area (Å²) in [6.45, 7) is 6.31. The summed E-state index contributed by atoms with van der Waals surface area (Å²) in [5.74, 6) is 0. The Labute approximate surface area is 65.3 Å². The van der Waals surface area contributed by atoms with Crippen molar-refractivity contribution in [2.75, 3.05) is 34.3 Å². The minimum atomic E-state index is 0.768. The van der Waals surface area contributed by atoms with Crippen LogP contribution in [0.3, 0.4) is 0 Å². The van der Waals surface area contributed by atoms with E-state index in [0.717, 1.165) is 13.4 Å². The van der Waals surface area contributed by atoms with Crippen LogP contribution >= 0.6 is 0 Å². The van der Waals surface area contributed by atoms with Gasteiger partial charge < -0.3 is 4.90 Å². The SMILES string of the molecule is CB(C)CN(C)CN(C)C. The van der Waals surface area contributed by atoms with E-state index >= 15 is 0 Å². The Morgan fingerprint density at radius 3 is 1.90 bits per heavy atom. The average Bonchev–Trinajstić information content (AvgIpc) is 1.58. The van der Waals surface area contributed by atoms with Gasteiger partial charge in [0.15, 0.2) is 0 Å². The lowest BCUT2D eigenvalue weighted by atomic mass is 9.55. The summed E-state index contributed by atoms with van der Waals surface area (Å²) in [5, 5.41) is 0. The van der Waals surface area contributed by atoms with Gasteiger partial charge in [-0.05, 0) is 27.6 Å². The van der Waals surface area contributed by atoms with Crippen molar-refractivity contribution in [3.63, 3.8) is 0 Å². The summed E-state index contributed by atoms with van der Waals surface area (Å²) in [5.41, 5.74) is 0. The highest BCUT2D eigenvalue weighted by molar-refractivity contribution is 6.55. The predicted molar refractivity (Wildman–Crippen MR) is 48.7 cm³/mol. The minimum absolute atomic E-state index is 0.768. The number of rotatable bonds is 4. The molecule has 0 N–H and O–H groups in total. The van der Waals surface area contributed by atoms with Crippen LogP contribution < -0.4 is 0 Å². The second-order valence-electron chi connectivity index (χ2n) is 3.65. The normalized spacial score (nSPS) is 11.1. The minimum Gasteiger partial charge on any atom is -0.301 e. The molecule has 0 amide bonds. The van der Waals surface area contributed by atoms with E-state index in [0.29, 0.717) is 0 Å². The van der Waals surface area contributed by atoms with Crippen molar-refractivity contribution in [2.45, 2.75) is 13.6 Å². The predicted octanol–water partition coefficient (Wildman–Crippen LogP) is 0.731. The molecule has 0 bridgehead atoms. The van der Waals surface area contributed by atoms with Gasteiger partial charge in [0, 0.05) is 6.67 Å². The Bertz CT molecular complexity index is 73.7. The van der Waals surface area contributed by atoms with Gasteiger partial charge in [-0.15, -0.1) is 0 Å². The molecule has 0 radical (unpaired) electrons. The number of hydrogen-bond acceptors (Lipinski definition) is 2. The van der Waals surface area contributed by atoms with Gasteiger partial charge in [0.2, 0.25) is 0 Å². The Morgan fingerprint density at radius 1 is 1.10 bits per heavy atom. The highest BCUT2D eigenvalue weighted by atomic mass is 15.3. The molecule has 0 aromatic rings. The largest absolute Gasteiger partial charge is 0.301 e. The molecular weight excluding hydrogens is 123 g/mol. The molecular formula is C7H19BN2. The van der Waals surface area contributed by atoms with Crippen molar-refractivity contribution >= 4 is 6.71 Å². The van der Waals surface area contributed by atoms with Crippen molar-refractivity contribution in [1.82, 2.24) is 9.80 Å². The molecule has 0 spiro atoms. The van der Waals surface area contributed by atoms with E-state index in [1.165, 1.54) is 6.44 Å². The van der Waals surface area contributed by atoms with Gasteiger partial charge in [-0.25, -0.2) is 0 Å². The first kappa shape index (κ1) is 9.98. The maximum absolute atomic E-state index is 2.32. The fourth-order valence-electron chi connectivity index (χ4n) is 1.16. The third-order valence-electron chi connectivity index (χ3n) is 1.20. The third-order valence-corrected chi connectivity index (χ3v) is 1.20. The topological polar surface area (TPSA) is 6.48 Å². The van der Waals surface area contributed by atoms with Gasteiger partial charge in [0.05, 0.1) is 0 Å². The first-order valence-corrected chi connectivity index (χ1v) is 3.85. The molecule has 60 valence electrons. The van der Waals surface area contributed by atoms with Gasteiger partial charge >= 0.3 is 0 Å². The monoisotopic (exact) mass is 142 g/mol. The smallest absolute Gasteiger partial charge is 0.150 e. The van der Waals surface area contributed by atoms with Crippen LogP contribution in [0.15, 0.2) is 0 Å². The zero-order chi connectivity index (χ0) is 8.15. The van der Waals surface area contributed by atoms with Crippen LogP contribution in [0.4, 0.5) is 0 Å². The molecule has 2 nitrogen and oxygen atoms in total. The third kappa shape index (κ3) is 6.11. The van der Waals surface area contributed by atoms with E-state index in [4.69, 9.17) is 0 Å². The summed E-state index contributed by atoms with van der Waals surface area (Å²) in [6.07, 6.45) is 1.18. The Kier molecular flexibility index (Phi) is 4.74. The fraction of sp³-hybridized carbons (Fsp3) is 1.00.